The molecule has 0 amide bonds. The number of aliphatic hydroxyl groups is 1. The first-order valence-corrected chi connectivity index (χ1v) is 10.0. The highest BCUT2D eigenvalue weighted by Gasteiger charge is 2.41. The monoisotopic (exact) mass is 360 g/mol. The van der Waals surface area contributed by atoms with E-state index in [-0.39, 0.29) is 30.3 Å². The van der Waals surface area contributed by atoms with Crippen LogP contribution in [-0.2, 0) is 18.9 Å². The molecule has 5 nitrogen and oxygen atoms in total. The molecular weight excluding hydrogens is 320 g/mol. The number of hydrogen-bond acceptors (Lipinski definition) is 5. The van der Waals surface area contributed by atoms with Crippen LogP contribution in [0, 0.1) is 5.92 Å². The lowest BCUT2D eigenvalue weighted by Gasteiger charge is -2.42. The van der Waals surface area contributed by atoms with Crippen molar-refractivity contribution in [3.63, 3.8) is 0 Å². The van der Waals surface area contributed by atoms with Crippen molar-refractivity contribution >= 4 is 0 Å². The highest BCUT2D eigenvalue weighted by atomic mass is 16.6. The Labute approximate surface area is 154 Å². The van der Waals surface area contributed by atoms with Crippen molar-refractivity contribution in [3.05, 3.63) is 0 Å². The fourth-order valence-electron chi connectivity index (χ4n) is 3.51. The van der Waals surface area contributed by atoms with Crippen LogP contribution in [-0.4, -0.2) is 63.1 Å². The lowest BCUT2D eigenvalue weighted by Crippen LogP contribution is -2.55. The predicted octanol–water partition coefficient (Wildman–Crippen LogP) is 3.57. The third kappa shape index (κ3) is 7.92. The van der Waals surface area contributed by atoms with E-state index in [2.05, 4.69) is 13.8 Å². The molecule has 0 bridgehead atoms. The molecule has 1 aliphatic heterocycles. The minimum absolute atomic E-state index is 0.0466. The Morgan fingerprint density at radius 2 is 1.76 bits per heavy atom. The Kier molecular flexibility index (Phi) is 11.9. The van der Waals surface area contributed by atoms with E-state index in [1.807, 2.05) is 6.92 Å². The van der Waals surface area contributed by atoms with Crippen molar-refractivity contribution in [2.45, 2.75) is 96.2 Å². The first-order chi connectivity index (χ1) is 12.0. The molecule has 1 rings (SSSR count). The smallest absolute Gasteiger partial charge is 0.110 e. The average molecular weight is 361 g/mol. The quantitative estimate of drug-likeness (QED) is 0.509. The number of methoxy groups -OCH3 is 2. The van der Waals surface area contributed by atoms with Crippen LogP contribution in [0.4, 0.5) is 0 Å². The van der Waals surface area contributed by atoms with Gasteiger partial charge in [0, 0.05) is 26.7 Å². The molecule has 1 heterocycles. The summed E-state index contributed by atoms with van der Waals surface area (Å²) >= 11 is 0. The van der Waals surface area contributed by atoms with Gasteiger partial charge < -0.3 is 24.1 Å². The molecule has 1 N–H and O–H groups in total. The molecule has 0 spiro atoms. The van der Waals surface area contributed by atoms with Gasteiger partial charge in [-0.05, 0) is 19.8 Å². The summed E-state index contributed by atoms with van der Waals surface area (Å²) in [4.78, 5) is 0. The molecule has 0 radical (unpaired) electrons. The molecule has 150 valence electrons. The molecule has 1 aliphatic rings. The summed E-state index contributed by atoms with van der Waals surface area (Å²) in [5, 5.41) is 10.5. The average Bonchev–Trinajstić information content (AvgIpc) is 2.60. The van der Waals surface area contributed by atoms with Crippen molar-refractivity contribution < 1.29 is 24.1 Å². The lowest BCUT2D eigenvalue weighted by molar-refractivity contribution is -0.217. The van der Waals surface area contributed by atoms with Crippen LogP contribution in [0.5, 0.6) is 0 Å². The topological polar surface area (TPSA) is 57.2 Å². The molecule has 0 saturated carbocycles. The normalized spacial score (nSPS) is 31.2. The molecule has 25 heavy (non-hydrogen) atoms. The van der Waals surface area contributed by atoms with Crippen LogP contribution in [0.15, 0.2) is 0 Å². The summed E-state index contributed by atoms with van der Waals surface area (Å²) in [6.07, 6.45) is 7.44. The molecule has 0 unspecified atom stereocenters. The first kappa shape index (κ1) is 22.8. The minimum atomic E-state index is -0.652. The van der Waals surface area contributed by atoms with Gasteiger partial charge >= 0.3 is 0 Å². The van der Waals surface area contributed by atoms with Gasteiger partial charge in [-0.2, -0.15) is 0 Å². The highest BCUT2D eigenvalue weighted by Crippen LogP contribution is 2.28. The molecule has 6 atom stereocenters. The largest absolute Gasteiger partial charge is 0.388 e. The number of rotatable bonds is 13. The van der Waals surface area contributed by atoms with E-state index >= 15 is 0 Å². The second kappa shape index (κ2) is 13.0. The van der Waals surface area contributed by atoms with Crippen molar-refractivity contribution in [3.8, 4) is 0 Å². The van der Waals surface area contributed by atoms with E-state index in [4.69, 9.17) is 18.9 Å². The molecular formula is C20H40O5. The van der Waals surface area contributed by atoms with Gasteiger partial charge in [0.05, 0.1) is 24.9 Å². The maximum atomic E-state index is 10.5. The van der Waals surface area contributed by atoms with Crippen LogP contribution in [0.25, 0.3) is 0 Å². The van der Waals surface area contributed by atoms with E-state index in [0.717, 1.165) is 12.8 Å². The summed E-state index contributed by atoms with van der Waals surface area (Å²) in [6, 6.07) is 0. The number of aliphatic hydroxyl groups excluding tert-OH is 1. The maximum absolute atomic E-state index is 10.5. The lowest BCUT2D eigenvalue weighted by atomic mass is 9.88. The fourth-order valence-corrected chi connectivity index (χ4v) is 3.51. The van der Waals surface area contributed by atoms with Crippen molar-refractivity contribution in [1.29, 1.82) is 0 Å². The molecule has 0 aliphatic carbocycles. The fraction of sp³-hybridized carbons (Fsp3) is 1.00. The third-order valence-corrected chi connectivity index (χ3v) is 5.41. The van der Waals surface area contributed by atoms with E-state index < -0.39 is 6.10 Å². The summed E-state index contributed by atoms with van der Waals surface area (Å²) in [5.41, 5.74) is 0. The van der Waals surface area contributed by atoms with Gasteiger partial charge in [0.15, 0.2) is 0 Å². The SMILES string of the molecule is CCCCCCC[C@H](CCO[C@@H]1[C@@H](C)[C@@H](C)O[C@H](COC)[C@H]1O)OC. The zero-order valence-electron chi connectivity index (χ0n) is 16.9. The summed E-state index contributed by atoms with van der Waals surface area (Å²) < 4.78 is 22.7. The van der Waals surface area contributed by atoms with Crippen LogP contribution >= 0.6 is 0 Å². The summed E-state index contributed by atoms with van der Waals surface area (Å²) in [6.45, 7) is 7.33. The Morgan fingerprint density at radius 3 is 2.40 bits per heavy atom. The van der Waals surface area contributed by atoms with Crippen LogP contribution < -0.4 is 0 Å². The van der Waals surface area contributed by atoms with Gasteiger partial charge in [-0.25, -0.2) is 0 Å². The molecule has 5 heteroatoms. The first-order valence-electron chi connectivity index (χ1n) is 10.0. The van der Waals surface area contributed by atoms with Gasteiger partial charge in [0.25, 0.3) is 0 Å². The van der Waals surface area contributed by atoms with Crippen LogP contribution in [0.2, 0.25) is 0 Å². The molecule has 0 aromatic heterocycles. The van der Waals surface area contributed by atoms with Gasteiger partial charge in [-0.3, -0.25) is 0 Å². The highest BCUT2D eigenvalue weighted by molar-refractivity contribution is 4.89. The minimum Gasteiger partial charge on any atom is -0.388 e. The van der Waals surface area contributed by atoms with Crippen molar-refractivity contribution in [2.75, 3.05) is 27.4 Å². The second-order valence-electron chi connectivity index (χ2n) is 7.37. The van der Waals surface area contributed by atoms with Gasteiger partial charge in [-0.1, -0.05) is 46.0 Å². The van der Waals surface area contributed by atoms with E-state index in [0.29, 0.717) is 13.2 Å². The van der Waals surface area contributed by atoms with Gasteiger partial charge in [-0.15, -0.1) is 0 Å². The van der Waals surface area contributed by atoms with E-state index in [1.54, 1.807) is 14.2 Å². The number of hydrogen-bond donors (Lipinski definition) is 1. The van der Waals surface area contributed by atoms with Gasteiger partial charge in [0.1, 0.15) is 12.2 Å². The van der Waals surface area contributed by atoms with Crippen LogP contribution in [0.3, 0.4) is 0 Å². The Morgan fingerprint density at radius 1 is 1.04 bits per heavy atom. The maximum Gasteiger partial charge on any atom is 0.110 e. The zero-order chi connectivity index (χ0) is 18.7. The van der Waals surface area contributed by atoms with Gasteiger partial charge in [0.2, 0.25) is 0 Å². The summed E-state index contributed by atoms with van der Waals surface area (Å²) in [5.74, 6) is 0.151. The van der Waals surface area contributed by atoms with Crippen molar-refractivity contribution in [1.82, 2.24) is 0 Å². The Hall–Kier alpha value is -0.200. The third-order valence-electron chi connectivity index (χ3n) is 5.41. The second-order valence-corrected chi connectivity index (χ2v) is 7.37. The molecule has 0 aromatic carbocycles. The van der Waals surface area contributed by atoms with Crippen molar-refractivity contribution in [2.24, 2.45) is 5.92 Å². The summed E-state index contributed by atoms with van der Waals surface area (Å²) in [7, 11) is 3.40. The van der Waals surface area contributed by atoms with E-state index in [9.17, 15) is 5.11 Å². The Balaban J connectivity index is 2.35. The zero-order valence-corrected chi connectivity index (χ0v) is 16.9. The standard InChI is InChI=1S/C20H40O5/c1-6-7-8-9-10-11-17(23-5)12-13-24-20-15(2)16(3)25-18(14-22-4)19(20)21/h15-21H,6-14H2,1-5H3/t15-,16+,17+,18+,19+,20+/m0/s1. The molecule has 0 aromatic rings. The molecule has 1 saturated heterocycles. The number of ether oxygens (including phenoxy) is 4. The predicted molar refractivity (Wildman–Crippen MR) is 99.9 cm³/mol. The molecule has 1 fully saturated rings. The van der Waals surface area contributed by atoms with E-state index in [1.165, 1.54) is 32.1 Å². The number of unbranched alkanes of at least 4 members (excludes halogenated alkanes) is 4. The van der Waals surface area contributed by atoms with Crippen LogP contribution in [0.1, 0.15) is 65.7 Å². The Bertz CT molecular complexity index is 325.